The lowest BCUT2D eigenvalue weighted by Crippen LogP contribution is -2.38. The Morgan fingerprint density at radius 2 is 1.47 bits per heavy atom. The van der Waals surface area contributed by atoms with Gasteiger partial charge in [0.25, 0.3) is 0 Å². The minimum absolute atomic E-state index is 0.0144. The molecule has 1 aromatic rings. The van der Waals surface area contributed by atoms with Crippen molar-refractivity contribution >= 4 is 22.1 Å². The van der Waals surface area contributed by atoms with Crippen LogP contribution >= 0.6 is 0 Å². The number of carbonyl (C=O) groups is 1. The molecular formula is C25H43NO5S. The number of para-hydroxylation sites is 1. The molecule has 0 aromatic heterocycles. The summed E-state index contributed by atoms with van der Waals surface area (Å²) in [4.78, 5) is 11.6. The molecule has 32 heavy (non-hydrogen) atoms. The van der Waals surface area contributed by atoms with Gasteiger partial charge in [0.2, 0.25) is 0 Å². The maximum absolute atomic E-state index is 12.7. The average Bonchev–Trinajstić information content (AvgIpc) is 2.71. The van der Waals surface area contributed by atoms with E-state index in [1.165, 1.54) is 44.2 Å². The summed E-state index contributed by atoms with van der Waals surface area (Å²) in [6.07, 6.45) is 7.79. The van der Waals surface area contributed by atoms with Crippen molar-refractivity contribution in [3.63, 3.8) is 0 Å². The molecule has 0 aliphatic rings. The summed E-state index contributed by atoms with van der Waals surface area (Å²) in [5, 5.41) is 9.46. The van der Waals surface area contributed by atoms with E-state index in [0.29, 0.717) is 16.1 Å². The molecule has 7 heteroatoms. The van der Waals surface area contributed by atoms with Gasteiger partial charge in [0, 0.05) is 0 Å². The molecule has 2 atom stereocenters. The van der Waals surface area contributed by atoms with Gasteiger partial charge in [-0.3, -0.25) is 4.18 Å². The fourth-order valence-corrected chi connectivity index (χ4v) is 5.04. The van der Waals surface area contributed by atoms with Crippen molar-refractivity contribution in [1.82, 2.24) is 0 Å². The summed E-state index contributed by atoms with van der Waals surface area (Å²) < 4.78 is 30.9. The van der Waals surface area contributed by atoms with Gasteiger partial charge >= 0.3 is 16.4 Å². The molecule has 0 spiro atoms. The molecule has 1 rings (SSSR count). The highest BCUT2D eigenvalue weighted by Crippen LogP contribution is 2.28. The Morgan fingerprint density at radius 1 is 0.906 bits per heavy atom. The fourth-order valence-electron chi connectivity index (χ4n) is 4.02. The molecule has 0 radical (unpaired) electrons. The van der Waals surface area contributed by atoms with Gasteiger partial charge in [-0.25, -0.2) is 4.79 Å². The van der Waals surface area contributed by atoms with Crippen LogP contribution in [0.2, 0.25) is 0 Å². The summed E-state index contributed by atoms with van der Waals surface area (Å²) in [5.41, 5.74) is 0.0453. The van der Waals surface area contributed by atoms with E-state index < -0.39 is 16.4 Å². The summed E-state index contributed by atoms with van der Waals surface area (Å²) in [7, 11) is -4.44. The predicted molar refractivity (Wildman–Crippen MR) is 131 cm³/mol. The fraction of sp³-hybridized carbons (Fsp3) is 0.720. The third-order valence-corrected chi connectivity index (χ3v) is 7.53. The lowest BCUT2D eigenvalue weighted by molar-refractivity contribution is 0.189. The lowest BCUT2D eigenvalue weighted by atomic mass is 9.83. The first-order valence-electron chi connectivity index (χ1n) is 12.1. The molecule has 1 N–H and O–H groups in total. The molecular weight excluding hydrogens is 426 g/mol. The maximum Gasteiger partial charge on any atom is 0.427 e. The predicted octanol–water partition coefficient (Wildman–Crippen LogP) is 7.12. The van der Waals surface area contributed by atoms with Crippen molar-refractivity contribution in [3.8, 4) is 0 Å². The zero-order chi connectivity index (χ0) is 24.1. The van der Waals surface area contributed by atoms with Gasteiger partial charge in [0.15, 0.2) is 0 Å². The molecule has 1 aromatic carbocycles. The second-order valence-corrected chi connectivity index (χ2v) is 10.9. The first-order valence-corrected chi connectivity index (χ1v) is 13.4. The monoisotopic (exact) mass is 469 g/mol. The van der Waals surface area contributed by atoms with Gasteiger partial charge in [-0.1, -0.05) is 97.8 Å². The largest absolute Gasteiger partial charge is 0.464 e. The molecule has 0 saturated heterocycles. The molecule has 0 aliphatic carbocycles. The normalized spacial score (nSPS) is 14.0. The Morgan fingerprint density at radius 3 is 2.00 bits per heavy atom. The average molecular weight is 470 g/mol. The van der Waals surface area contributed by atoms with E-state index in [-0.39, 0.29) is 24.1 Å². The molecule has 184 valence electrons. The van der Waals surface area contributed by atoms with Crippen molar-refractivity contribution < 1.29 is 22.5 Å². The quantitative estimate of drug-likeness (QED) is 0.261. The second kappa shape index (κ2) is 14.5. The summed E-state index contributed by atoms with van der Waals surface area (Å²) in [5.74, 6) is 1.61. The van der Waals surface area contributed by atoms with Crippen LogP contribution in [0.3, 0.4) is 0 Å². The molecule has 0 aliphatic heterocycles. The zero-order valence-electron chi connectivity index (χ0n) is 20.5. The Kier molecular flexibility index (Phi) is 12.9. The number of anilines is 1. The SMILES string of the molecule is CCCCCCC(CCCC(COS(=O)(=O)N(C(=O)O)c1ccccc1)C(C)C)C(C)C. The van der Waals surface area contributed by atoms with Gasteiger partial charge < -0.3 is 5.11 Å². The highest BCUT2D eigenvalue weighted by atomic mass is 32.2. The van der Waals surface area contributed by atoms with Gasteiger partial charge in [0.05, 0.1) is 12.3 Å². The number of hydrogen-bond acceptors (Lipinski definition) is 4. The number of hydrogen-bond donors (Lipinski definition) is 1. The molecule has 0 bridgehead atoms. The van der Waals surface area contributed by atoms with Gasteiger partial charge in [0.1, 0.15) is 0 Å². The maximum atomic E-state index is 12.7. The van der Waals surface area contributed by atoms with Crippen LogP contribution in [-0.4, -0.2) is 26.2 Å². The molecule has 0 saturated carbocycles. The Labute approximate surface area is 195 Å². The van der Waals surface area contributed by atoms with Crippen LogP contribution in [0.15, 0.2) is 30.3 Å². The number of carboxylic acid groups (broad SMARTS) is 1. The van der Waals surface area contributed by atoms with E-state index in [4.69, 9.17) is 4.18 Å². The van der Waals surface area contributed by atoms with Gasteiger partial charge in [-0.15, -0.1) is 4.31 Å². The zero-order valence-corrected chi connectivity index (χ0v) is 21.3. The van der Waals surface area contributed by atoms with Crippen molar-refractivity contribution in [2.75, 3.05) is 10.9 Å². The number of unbranched alkanes of at least 4 members (excludes halogenated alkanes) is 3. The van der Waals surface area contributed by atoms with E-state index in [0.717, 1.165) is 19.3 Å². The Bertz CT molecular complexity index is 749. The van der Waals surface area contributed by atoms with Crippen molar-refractivity contribution in [2.45, 2.75) is 86.0 Å². The van der Waals surface area contributed by atoms with Crippen molar-refractivity contribution in [3.05, 3.63) is 30.3 Å². The molecule has 0 heterocycles. The Balaban J connectivity index is 2.67. The molecule has 6 nitrogen and oxygen atoms in total. The van der Waals surface area contributed by atoms with E-state index in [1.807, 2.05) is 0 Å². The third kappa shape index (κ3) is 9.90. The first-order chi connectivity index (χ1) is 15.1. The number of benzene rings is 1. The number of amides is 1. The van der Waals surface area contributed by atoms with Crippen LogP contribution in [-0.2, 0) is 14.5 Å². The lowest BCUT2D eigenvalue weighted by Gasteiger charge is -2.25. The van der Waals surface area contributed by atoms with Crippen LogP contribution in [0.4, 0.5) is 10.5 Å². The molecule has 0 fully saturated rings. The minimum atomic E-state index is -4.44. The van der Waals surface area contributed by atoms with Gasteiger partial charge in [-0.05, 0) is 42.2 Å². The summed E-state index contributed by atoms with van der Waals surface area (Å²) in [6, 6.07) is 7.74. The highest BCUT2D eigenvalue weighted by Gasteiger charge is 2.31. The highest BCUT2D eigenvalue weighted by molar-refractivity contribution is 7.89. The third-order valence-electron chi connectivity index (χ3n) is 6.28. The molecule has 2 unspecified atom stereocenters. The number of rotatable bonds is 16. The van der Waals surface area contributed by atoms with Crippen LogP contribution < -0.4 is 4.31 Å². The number of nitrogens with zero attached hydrogens (tertiary/aromatic N) is 1. The second-order valence-electron chi connectivity index (χ2n) is 9.41. The summed E-state index contributed by atoms with van der Waals surface area (Å²) in [6.45, 7) is 10.9. The van der Waals surface area contributed by atoms with Crippen LogP contribution in [0, 0.1) is 23.7 Å². The van der Waals surface area contributed by atoms with Gasteiger partial charge in [-0.2, -0.15) is 8.42 Å². The van der Waals surface area contributed by atoms with E-state index in [1.54, 1.807) is 18.2 Å². The minimum Gasteiger partial charge on any atom is -0.464 e. The van der Waals surface area contributed by atoms with Crippen molar-refractivity contribution in [1.29, 1.82) is 0 Å². The van der Waals surface area contributed by atoms with Crippen molar-refractivity contribution in [2.24, 2.45) is 23.7 Å². The van der Waals surface area contributed by atoms with Crippen LogP contribution in [0.1, 0.15) is 86.0 Å². The first kappa shape index (κ1) is 28.4. The topological polar surface area (TPSA) is 83.9 Å². The van der Waals surface area contributed by atoms with E-state index in [9.17, 15) is 18.3 Å². The van der Waals surface area contributed by atoms with Crippen LogP contribution in [0.25, 0.3) is 0 Å². The van der Waals surface area contributed by atoms with Crippen LogP contribution in [0.5, 0.6) is 0 Å². The standard InChI is InChI=1S/C25H43NO5S/c1-6-7-8-10-14-22(20(2)3)15-13-16-23(21(4)5)19-31-32(29,30)26(25(27)28)24-17-11-9-12-18-24/h9,11-12,17-18,20-23H,6-8,10,13-16,19H2,1-5H3,(H,27,28). The Hall–Kier alpha value is -1.60. The van der Waals surface area contributed by atoms with E-state index >= 15 is 0 Å². The summed E-state index contributed by atoms with van der Waals surface area (Å²) >= 11 is 0. The smallest absolute Gasteiger partial charge is 0.427 e. The molecule has 1 amide bonds. The van der Waals surface area contributed by atoms with E-state index in [2.05, 4.69) is 34.6 Å².